The first-order valence-electron chi connectivity index (χ1n) is 14.7. The van der Waals surface area contributed by atoms with Gasteiger partial charge in [0.2, 0.25) is 0 Å². The highest BCUT2D eigenvalue weighted by Gasteiger charge is 2.28. The molecule has 0 fully saturated rings. The van der Waals surface area contributed by atoms with E-state index in [1.54, 1.807) is 12.1 Å². The van der Waals surface area contributed by atoms with Gasteiger partial charge in [0.05, 0.1) is 25.3 Å². The number of nitriles is 1. The van der Waals surface area contributed by atoms with Crippen molar-refractivity contribution in [1.82, 2.24) is 0 Å². The number of ether oxygens (including phenoxy) is 1. The number of carbonyl (C=O) groups is 1. The van der Waals surface area contributed by atoms with Crippen molar-refractivity contribution >= 4 is 14.0 Å². The fourth-order valence-electron chi connectivity index (χ4n) is 5.30. The summed E-state index contributed by atoms with van der Waals surface area (Å²) in [6.45, 7) is 9.61. The Bertz CT molecular complexity index is 1210. The predicted molar refractivity (Wildman–Crippen MR) is 166 cm³/mol. The highest BCUT2D eigenvalue weighted by molar-refractivity contribution is 6.77. The Balaban J connectivity index is 1.63. The molecule has 0 aliphatic carbocycles. The second-order valence-corrected chi connectivity index (χ2v) is 17.2. The minimum atomic E-state index is -1.43. The van der Waals surface area contributed by atoms with Gasteiger partial charge in [-0.15, -0.1) is 0 Å². The normalized spacial score (nSPS) is 12.1. The lowest BCUT2D eigenvalue weighted by Crippen LogP contribution is -2.31. The molecule has 0 aromatic heterocycles. The zero-order valence-corrected chi connectivity index (χ0v) is 25.3. The van der Waals surface area contributed by atoms with Crippen molar-refractivity contribution in [2.75, 3.05) is 0 Å². The van der Waals surface area contributed by atoms with Gasteiger partial charge in [-0.2, -0.15) is 5.26 Å². The molecule has 206 valence electrons. The molecule has 0 amide bonds. The van der Waals surface area contributed by atoms with Gasteiger partial charge in [-0.3, -0.25) is 0 Å². The van der Waals surface area contributed by atoms with Gasteiger partial charge in [0.1, 0.15) is 5.75 Å². The van der Waals surface area contributed by atoms with Crippen LogP contribution in [0, 0.1) is 11.3 Å². The third-order valence-corrected chi connectivity index (χ3v) is 10.3. The second-order valence-electron chi connectivity index (χ2n) is 11.7. The smallest absolute Gasteiger partial charge is 0.343 e. The molecule has 4 heteroatoms. The molecule has 0 saturated heterocycles. The number of hydrogen-bond donors (Lipinski definition) is 0. The number of hydrogen-bond acceptors (Lipinski definition) is 3. The summed E-state index contributed by atoms with van der Waals surface area (Å²) in [5.74, 6) is -0.00280. The quantitative estimate of drug-likeness (QED) is 0.0835. The molecular weight excluding hydrogens is 494 g/mol. The largest absolute Gasteiger partial charge is 0.422 e. The van der Waals surface area contributed by atoms with Crippen LogP contribution in [0.1, 0.15) is 98.2 Å². The molecule has 3 aromatic carbocycles. The van der Waals surface area contributed by atoms with Crippen molar-refractivity contribution in [3.05, 3.63) is 89.5 Å². The van der Waals surface area contributed by atoms with E-state index < -0.39 is 14.0 Å². The average Bonchev–Trinajstić information content (AvgIpc) is 2.94. The van der Waals surface area contributed by atoms with Crippen molar-refractivity contribution in [3.8, 4) is 22.9 Å². The van der Waals surface area contributed by atoms with Crippen molar-refractivity contribution in [2.45, 2.75) is 96.3 Å². The zero-order valence-electron chi connectivity index (χ0n) is 24.3. The van der Waals surface area contributed by atoms with Gasteiger partial charge < -0.3 is 4.74 Å². The Morgan fingerprint density at radius 1 is 0.821 bits per heavy atom. The first-order chi connectivity index (χ1) is 18.8. The summed E-state index contributed by atoms with van der Waals surface area (Å²) in [6.07, 6.45) is 13.3. The average molecular weight is 540 g/mol. The fraction of sp³-hybridized carbons (Fsp3) is 0.429. The molecular formula is C35H45NO2Si. The van der Waals surface area contributed by atoms with Gasteiger partial charge >= 0.3 is 5.97 Å². The number of unbranched alkanes of at least 4 members (excludes halogenated alkanes) is 8. The Hall–Kier alpha value is -3.16. The van der Waals surface area contributed by atoms with Gasteiger partial charge in [0.15, 0.2) is 0 Å². The lowest BCUT2D eigenvalue weighted by atomic mass is 10.0. The van der Waals surface area contributed by atoms with Crippen LogP contribution in [0.4, 0.5) is 0 Å². The molecule has 0 heterocycles. The van der Waals surface area contributed by atoms with Crippen molar-refractivity contribution in [2.24, 2.45) is 0 Å². The summed E-state index contributed by atoms with van der Waals surface area (Å²) >= 11 is 0. The van der Waals surface area contributed by atoms with E-state index in [1.165, 1.54) is 69.8 Å². The number of rotatable bonds is 15. The summed E-state index contributed by atoms with van der Waals surface area (Å²) in [6, 6.07) is 25.2. The van der Waals surface area contributed by atoms with Crippen molar-refractivity contribution in [1.29, 1.82) is 5.26 Å². The molecule has 1 atom stereocenters. The van der Waals surface area contributed by atoms with Crippen LogP contribution in [0.3, 0.4) is 0 Å². The van der Waals surface area contributed by atoms with E-state index >= 15 is 0 Å². The molecule has 0 radical (unpaired) electrons. The lowest BCUT2D eigenvalue weighted by molar-refractivity contribution is 0.0735. The standard InChI is InChI=1S/C35H45NO2Si/c1-5-6-7-8-9-10-11-12-16-19-34(39(2,3)4)30-21-23-31(24-22-30)35(37)38-33-26-28(27-36)20-25-32(33)29-17-14-13-15-18-29/h13-15,17-18,20-26,34H,5-12,16,19H2,1-4H3. The van der Waals surface area contributed by atoms with Crippen molar-refractivity contribution < 1.29 is 9.53 Å². The Labute approximate surface area is 237 Å². The number of benzene rings is 3. The third-order valence-electron chi connectivity index (χ3n) is 7.59. The van der Waals surface area contributed by atoms with Crippen LogP contribution in [-0.2, 0) is 0 Å². The van der Waals surface area contributed by atoms with Crippen LogP contribution >= 0.6 is 0 Å². The molecule has 1 unspecified atom stereocenters. The highest BCUT2D eigenvalue weighted by Crippen LogP contribution is 2.34. The maximum Gasteiger partial charge on any atom is 0.343 e. The monoisotopic (exact) mass is 539 g/mol. The second kappa shape index (κ2) is 15.4. The molecule has 0 aliphatic rings. The molecule has 3 aromatic rings. The predicted octanol–water partition coefficient (Wildman–Crippen LogP) is 10.3. The minimum absolute atomic E-state index is 0.402. The van der Waals surface area contributed by atoms with Gasteiger partial charge in [0, 0.05) is 5.56 Å². The maximum atomic E-state index is 13.1. The molecule has 0 N–H and O–H groups in total. The highest BCUT2D eigenvalue weighted by atomic mass is 28.3. The van der Waals surface area contributed by atoms with Gasteiger partial charge in [-0.1, -0.05) is 127 Å². The Morgan fingerprint density at radius 3 is 2.03 bits per heavy atom. The van der Waals surface area contributed by atoms with E-state index in [9.17, 15) is 10.1 Å². The first kappa shape index (κ1) is 30.4. The number of carbonyl (C=O) groups excluding carboxylic acids is 1. The van der Waals surface area contributed by atoms with E-state index in [0.29, 0.717) is 22.4 Å². The van der Waals surface area contributed by atoms with Crippen molar-refractivity contribution in [3.63, 3.8) is 0 Å². The maximum absolute atomic E-state index is 13.1. The molecule has 0 aliphatic heterocycles. The first-order valence-corrected chi connectivity index (χ1v) is 18.3. The van der Waals surface area contributed by atoms with Crippen LogP contribution in [0.15, 0.2) is 72.8 Å². The van der Waals surface area contributed by atoms with E-state index in [0.717, 1.165) is 11.1 Å². The SMILES string of the molecule is CCCCCCCCCCCC(c1ccc(C(=O)Oc2cc(C#N)ccc2-c2ccccc2)cc1)[Si](C)(C)C. The van der Waals surface area contributed by atoms with Gasteiger partial charge in [-0.25, -0.2) is 4.79 Å². The summed E-state index contributed by atoms with van der Waals surface area (Å²) in [7, 11) is -1.43. The van der Waals surface area contributed by atoms with E-state index in [2.05, 4.69) is 44.8 Å². The van der Waals surface area contributed by atoms with E-state index in [-0.39, 0.29) is 0 Å². The van der Waals surface area contributed by atoms with E-state index in [4.69, 9.17) is 4.74 Å². The summed E-state index contributed by atoms with van der Waals surface area (Å²) in [5, 5.41) is 9.38. The van der Waals surface area contributed by atoms with Crippen LogP contribution in [0.5, 0.6) is 5.75 Å². The van der Waals surface area contributed by atoms with Crippen LogP contribution in [0.25, 0.3) is 11.1 Å². The number of nitrogens with zero attached hydrogens (tertiary/aromatic N) is 1. The molecule has 0 saturated carbocycles. The summed E-state index contributed by atoms with van der Waals surface area (Å²) in [4.78, 5) is 13.1. The number of esters is 1. The molecule has 0 bridgehead atoms. The Morgan fingerprint density at radius 2 is 1.44 bits per heavy atom. The zero-order chi connectivity index (χ0) is 28.1. The summed E-state index contributed by atoms with van der Waals surface area (Å²) < 4.78 is 5.85. The van der Waals surface area contributed by atoms with Crippen LogP contribution < -0.4 is 4.74 Å². The molecule has 39 heavy (non-hydrogen) atoms. The fourth-order valence-corrected chi connectivity index (χ4v) is 7.56. The molecule has 3 rings (SSSR count). The lowest BCUT2D eigenvalue weighted by Gasteiger charge is -2.30. The van der Waals surface area contributed by atoms with Gasteiger partial charge in [-0.05, 0) is 53.4 Å². The van der Waals surface area contributed by atoms with Crippen LogP contribution in [0.2, 0.25) is 19.6 Å². The van der Waals surface area contributed by atoms with Crippen LogP contribution in [-0.4, -0.2) is 14.0 Å². The van der Waals surface area contributed by atoms with Gasteiger partial charge in [0.25, 0.3) is 0 Å². The molecule has 0 spiro atoms. The van der Waals surface area contributed by atoms with E-state index in [1.807, 2.05) is 48.5 Å². The third kappa shape index (κ3) is 9.51. The Kier molecular flexibility index (Phi) is 12.0. The molecule has 3 nitrogen and oxygen atoms in total. The topological polar surface area (TPSA) is 50.1 Å². The minimum Gasteiger partial charge on any atom is -0.422 e. The summed E-state index contributed by atoms with van der Waals surface area (Å²) in [5.41, 5.74) is 4.62.